The predicted molar refractivity (Wildman–Crippen MR) is 77.4 cm³/mol. The fraction of sp³-hybridized carbons (Fsp3) is 0.429. The molecular weight excluding hydrogens is 276 g/mol. The average Bonchev–Trinajstić information content (AvgIpc) is 2.53. The molecule has 0 aliphatic carbocycles. The number of nitrogens with zero attached hydrogens (tertiary/aromatic N) is 1. The molecule has 1 aromatic heterocycles. The maximum absolute atomic E-state index is 5.92. The molecule has 0 saturated carbocycles. The molecule has 0 fully saturated rings. The molecular formula is C14H19BrN2. The van der Waals surface area contributed by atoms with Crippen molar-refractivity contribution in [3.8, 4) is 0 Å². The maximum atomic E-state index is 5.92. The van der Waals surface area contributed by atoms with Crippen LogP contribution in [0.4, 0.5) is 0 Å². The van der Waals surface area contributed by atoms with E-state index in [9.17, 15) is 0 Å². The van der Waals surface area contributed by atoms with E-state index in [4.69, 9.17) is 5.73 Å². The normalized spacial score (nSPS) is 12.4. The number of fused-ring (bicyclic) bond motifs is 1. The van der Waals surface area contributed by atoms with Crippen LogP contribution in [0.2, 0.25) is 0 Å². The van der Waals surface area contributed by atoms with Crippen molar-refractivity contribution >= 4 is 26.8 Å². The summed E-state index contributed by atoms with van der Waals surface area (Å²) in [5.41, 5.74) is 9.85. The summed E-state index contributed by atoms with van der Waals surface area (Å²) in [4.78, 5) is 0. The molecule has 2 N–H and O–H groups in total. The molecule has 0 atom stereocenters. The minimum Gasteiger partial charge on any atom is -0.348 e. The minimum absolute atomic E-state index is 0.0113. The number of nitrogens with two attached hydrogens (primary N) is 1. The van der Waals surface area contributed by atoms with E-state index in [1.54, 1.807) is 0 Å². The molecule has 17 heavy (non-hydrogen) atoms. The summed E-state index contributed by atoms with van der Waals surface area (Å²) in [5, 5.41) is 1.31. The number of halogens is 1. The van der Waals surface area contributed by atoms with E-state index in [1.807, 2.05) is 0 Å². The van der Waals surface area contributed by atoms with Crippen molar-refractivity contribution in [1.29, 1.82) is 0 Å². The Morgan fingerprint density at radius 2 is 2.00 bits per heavy atom. The quantitative estimate of drug-likeness (QED) is 0.903. The lowest BCUT2D eigenvalue weighted by atomic mass is 9.83. The molecule has 0 aliphatic rings. The second kappa shape index (κ2) is 4.14. The third-order valence-corrected chi connectivity index (χ3v) is 4.14. The van der Waals surface area contributed by atoms with Gasteiger partial charge in [0.2, 0.25) is 0 Å². The topological polar surface area (TPSA) is 30.9 Å². The molecule has 0 saturated heterocycles. The fourth-order valence-corrected chi connectivity index (χ4v) is 2.84. The lowest BCUT2D eigenvalue weighted by molar-refractivity contribution is 0.537. The van der Waals surface area contributed by atoms with Crippen LogP contribution >= 0.6 is 15.9 Å². The molecule has 0 unspecified atom stereocenters. The molecule has 1 aromatic carbocycles. The highest BCUT2D eigenvalue weighted by Crippen LogP contribution is 2.35. The number of aromatic nitrogens is 1. The first-order valence-corrected chi connectivity index (χ1v) is 6.63. The van der Waals surface area contributed by atoms with Gasteiger partial charge in [-0.05, 0) is 24.6 Å². The van der Waals surface area contributed by atoms with Gasteiger partial charge in [-0.2, -0.15) is 0 Å². The molecule has 1 heterocycles. The molecule has 2 rings (SSSR count). The van der Waals surface area contributed by atoms with Crippen LogP contribution in [-0.4, -0.2) is 11.1 Å². The first-order valence-electron chi connectivity index (χ1n) is 5.83. The Hall–Kier alpha value is -0.800. The molecule has 0 bridgehead atoms. The number of hydrogen-bond acceptors (Lipinski definition) is 1. The van der Waals surface area contributed by atoms with Crippen LogP contribution in [0.1, 0.15) is 25.1 Å². The second-order valence-corrected chi connectivity index (χ2v) is 6.18. The third-order valence-electron chi connectivity index (χ3n) is 3.64. The fourth-order valence-electron chi connectivity index (χ4n) is 2.49. The maximum Gasteiger partial charge on any atom is 0.0494 e. The van der Waals surface area contributed by atoms with E-state index in [0.29, 0.717) is 6.54 Å². The van der Waals surface area contributed by atoms with Gasteiger partial charge >= 0.3 is 0 Å². The van der Waals surface area contributed by atoms with Crippen LogP contribution in [-0.2, 0) is 12.5 Å². The largest absolute Gasteiger partial charge is 0.348 e. The average molecular weight is 295 g/mol. The molecule has 0 spiro atoms. The Labute approximate surface area is 111 Å². The van der Waals surface area contributed by atoms with Crippen molar-refractivity contribution in [1.82, 2.24) is 4.57 Å². The molecule has 0 radical (unpaired) electrons. The van der Waals surface area contributed by atoms with E-state index in [1.165, 1.54) is 22.2 Å². The van der Waals surface area contributed by atoms with Crippen molar-refractivity contribution in [2.24, 2.45) is 12.8 Å². The number of aryl methyl sites for hydroxylation is 1. The zero-order chi connectivity index (χ0) is 12.8. The van der Waals surface area contributed by atoms with Gasteiger partial charge in [-0.3, -0.25) is 0 Å². The summed E-state index contributed by atoms with van der Waals surface area (Å²) in [6, 6.07) is 6.44. The Balaban J connectivity index is 2.85. The highest BCUT2D eigenvalue weighted by atomic mass is 79.9. The van der Waals surface area contributed by atoms with Gasteiger partial charge in [0.25, 0.3) is 0 Å². The lowest BCUT2D eigenvalue weighted by Crippen LogP contribution is -2.28. The predicted octanol–water partition coefficient (Wildman–Crippen LogP) is 3.49. The molecule has 3 heteroatoms. The van der Waals surface area contributed by atoms with Crippen molar-refractivity contribution in [3.05, 3.63) is 33.9 Å². The summed E-state index contributed by atoms with van der Waals surface area (Å²) in [6.07, 6.45) is 0. The lowest BCUT2D eigenvalue weighted by Gasteiger charge is -2.23. The molecule has 2 nitrogen and oxygen atoms in total. The van der Waals surface area contributed by atoms with Gasteiger partial charge in [0.15, 0.2) is 0 Å². The highest BCUT2D eigenvalue weighted by molar-refractivity contribution is 9.10. The Morgan fingerprint density at radius 1 is 1.35 bits per heavy atom. The Bertz CT molecular complexity index is 567. The van der Waals surface area contributed by atoms with Crippen LogP contribution in [0.15, 0.2) is 22.7 Å². The highest BCUT2D eigenvalue weighted by Gasteiger charge is 2.26. The number of rotatable bonds is 2. The molecule has 92 valence electrons. The first kappa shape index (κ1) is 12.7. The zero-order valence-electron chi connectivity index (χ0n) is 10.8. The van der Waals surface area contributed by atoms with Gasteiger partial charge in [0.1, 0.15) is 0 Å². The zero-order valence-corrected chi connectivity index (χ0v) is 12.4. The van der Waals surface area contributed by atoms with Gasteiger partial charge in [0, 0.05) is 40.1 Å². The van der Waals surface area contributed by atoms with E-state index in [-0.39, 0.29) is 5.41 Å². The van der Waals surface area contributed by atoms with Crippen molar-refractivity contribution in [3.63, 3.8) is 0 Å². The van der Waals surface area contributed by atoms with Gasteiger partial charge in [-0.15, -0.1) is 0 Å². The third kappa shape index (κ3) is 1.91. The second-order valence-electron chi connectivity index (χ2n) is 5.27. The van der Waals surface area contributed by atoms with Crippen LogP contribution in [0.5, 0.6) is 0 Å². The summed E-state index contributed by atoms with van der Waals surface area (Å²) < 4.78 is 3.36. The van der Waals surface area contributed by atoms with E-state index in [0.717, 1.165) is 4.47 Å². The van der Waals surface area contributed by atoms with Gasteiger partial charge in [-0.25, -0.2) is 0 Å². The summed E-state index contributed by atoms with van der Waals surface area (Å²) in [7, 11) is 2.11. The summed E-state index contributed by atoms with van der Waals surface area (Å²) in [5.74, 6) is 0. The molecule has 2 aromatic rings. The minimum atomic E-state index is 0.0113. The monoisotopic (exact) mass is 294 g/mol. The van der Waals surface area contributed by atoms with Crippen molar-refractivity contribution in [2.75, 3.05) is 6.54 Å². The summed E-state index contributed by atoms with van der Waals surface area (Å²) in [6.45, 7) is 7.23. The number of hydrogen-bond donors (Lipinski definition) is 1. The van der Waals surface area contributed by atoms with Crippen LogP contribution in [0, 0.1) is 6.92 Å². The van der Waals surface area contributed by atoms with E-state index in [2.05, 4.69) is 66.5 Å². The number of benzene rings is 1. The van der Waals surface area contributed by atoms with E-state index < -0.39 is 0 Å². The molecule has 0 amide bonds. The van der Waals surface area contributed by atoms with Crippen LogP contribution < -0.4 is 5.73 Å². The SMILES string of the molecule is Cc1c(C(C)(C)CN)c2ccc(Br)cc2n1C. The van der Waals surface area contributed by atoms with Crippen LogP contribution in [0.25, 0.3) is 10.9 Å². The Kier molecular flexibility index (Phi) is 3.08. The first-order chi connectivity index (χ1) is 7.88. The molecule has 0 aliphatic heterocycles. The smallest absolute Gasteiger partial charge is 0.0494 e. The van der Waals surface area contributed by atoms with E-state index >= 15 is 0 Å². The van der Waals surface area contributed by atoms with Crippen molar-refractivity contribution in [2.45, 2.75) is 26.2 Å². The van der Waals surface area contributed by atoms with Crippen molar-refractivity contribution < 1.29 is 0 Å². The summed E-state index contributed by atoms with van der Waals surface area (Å²) >= 11 is 3.53. The van der Waals surface area contributed by atoms with Crippen LogP contribution in [0.3, 0.4) is 0 Å². The standard InChI is InChI=1S/C14H19BrN2/c1-9-13(14(2,3)8-16)11-6-5-10(15)7-12(11)17(9)4/h5-7H,8,16H2,1-4H3. The van der Waals surface area contributed by atoms with Gasteiger partial charge in [-0.1, -0.05) is 35.8 Å². The Morgan fingerprint density at radius 3 is 2.59 bits per heavy atom. The van der Waals surface area contributed by atoms with Gasteiger partial charge < -0.3 is 10.3 Å². The van der Waals surface area contributed by atoms with Gasteiger partial charge in [0.05, 0.1) is 0 Å².